The number of halogens is 1. The molecule has 2 amide bonds. The summed E-state index contributed by atoms with van der Waals surface area (Å²) < 4.78 is 22.4. The maximum atomic E-state index is 12.3. The standard InChI is InChI=1S/C25H24BrN3O6/c1-32-21-9-4-3-8-20(21)28-24(30)15-35-22-11-10-17(12-23(22)33-2)14-27-29-25(31)16-34-19-7-5-6-18(26)13-19/h3-14H,15-16H2,1-2H3,(H,28,30)(H,29,31)/b27-14+. The van der Waals surface area contributed by atoms with Crippen molar-refractivity contribution in [3.8, 4) is 23.0 Å². The second kappa shape index (κ2) is 13.0. The highest BCUT2D eigenvalue weighted by molar-refractivity contribution is 9.10. The quantitative estimate of drug-likeness (QED) is 0.280. The van der Waals surface area contributed by atoms with E-state index in [9.17, 15) is 9.59 Å². The van der Waals surface area contributed by atoms with Crippen LogP contribution in [0.15, 0.2) is 76.3 Å². The lowest BCUT2D eigenvalue weighted by atomic mass is 10.2. The summed E-state index contributed by atoms with van der Waals surface area (Å²) in [4.78, 5) is 24.2. The van der Waals surface area contributed by atoms with Gasteiger partial charge in [0.15, 0.2) is 24.7 Å². The van der Waals surface area contributed by atoms with E-state index in [0.29, 0.717) is 34.2 Å². The third kappa shape index (κ3) is 8.04. The summed E-state index contributed by atoms with van der Waals surface area (Å²) in [6.07, 6.45) is 1.46. The third-order valence-corrected chi connectivity index (χ3v) is 4.99. The average Bonchev–Trinajstić information content (AvgIpc) is 2.87. The monoisotopic (exact) mass is 541 g/mol. The number of rotatable bonds is 11. The number of para-hydroxylation sites is 2. The van der Waals surface area contributed by atoms with Crippen molar-refractivity contribution in [3.63, 3.8) is 0 Å². The van der Waals surface area contributed by atoms with Crippen LogP contribution in [0.25, 0.3) is 0 Å². The van der Waals surface area contributed by atoms with Crippen LogP contribution in [-0.2, 0) is 9.59 Å². The minimum Gasteiger partial charge on any atom is -0.495 e. The second-order valence-corrected chi connectivity index (χ2v) is 7.90. The van der Waals surface area contributed by atoms with Crippen molar-refractivity contribution in [2.45, 2.75) is 0 Å². The van der Waals surface area contributed by atoms with Crippen LogP contribution in [0, 0.1) is 0 Å². The molecule has 9 nitrogen and oxygen atoms in total. The van der Waals surface area contributed by atoms with E-state index in [1.807, 2.05) is 18.2 Å². The Bertz CT molecular complexity index is 1200. The minimum absolute atomic E-state index is 0.180. The molecule has 182 valence electrons. The van der Waals surface area contributed by atoms with Crippen LogP contribution in [0.4, 0.5) is 5.69 Å². The summed E-state index contributed by atoms with van der Waals surface area (Å²) in [6.45, 7) is -0.406. The van der Waals surface area contributed by atoms with E-state index < -0.39 is 5.91 Å². The zero-order valence-corrected chi connectivity index (χ0v) is 20.7. The first-order valence-electron chi connectivity index (χ1n) is 10.4. The number of hydrogen-bond acceptors (Lipinski definition) is 7. The highest BCUT2D eigenvalue weighted by Gasteiger charge is 2.11. The van der Waals surface area contributed by atoms with E-state index in [0.717, 1.165) is 4.47 Å². The molecule has 0 aromatic heterocycles. The molecule has 3 rings (SSSR count). The molecule has 0 fully saturated rings. The molecule has 0 aliphatic carbocycles. The number of amides is 2. The van der Waals surface area contributed by atoms with Crippen molar-refractivity contribution in [1.29, 1.82) is 0 Å². The van der Waals surface area contributed by atoms with Gasteiger partial charge in [0.1, 0.15) is 11.5 Å². The predicted molar refractivity (Wildman–Crippen MR) is 135 cm³/mol. The van der Waals surface area contributed by atoms with Gasteiger partial charge in [-0.15, -0.1) is 0 Å². The molecule has 3 aromatic carbocycles. The highest BCUT2D eigenvalue weighted by atomic mass is 79.9. The van der Waals surface area contributed by atoms with Gasteiger partial charge in [0, 0.05) is 4.47 Å². The SMILES string of the molecule is COc1ccccc1NC(=O)COc1ccc(/C=N/NC(=O)COc2cccc(Br)c2)cc1OC. The summed E-state index contributed by atoms with van der Waals surface area (Å²) in [5.41, 5.74) is 3.60. The van der Waals surface area contributed by atoms with Gasteiger partial charge in [0.25, 0.3) is 11.8 Å². The maximum absolute atomic E-state index is 12.3. The molecule has 0 heterocycles. The van der Waals surface area contributed by atoms with Crippen LogP contribution in [0.2, 0.25) is 0 Å². The number of carbonyl (C=O) groups excluding carboxylic acids is 2. The fourth-order valence-corrected chi connectivity index (χ4v) is 3.26. The van der Waals surface area contributed by atoms with Gasteiger partial charge in [-0.25, -0.2) is 5.43 Å². The van der Waals surface area contributed by atoms with E-state index in [-0.39, 0.29) is 19.1 Å². The molecular formula is C25H24BrN3O6. The lowest BCUT2D eigenvalue weighted by Gasteiger charge is -2.12. The molecule has 0 saturated carbocycles. The molecule has 2 N–H and O–H groups in total. The van der Waals surface area contributed by atoms with Gasteiger partial charge in [0.2, 0.25) is 0 Å². The number of anilines is 1. The first-order valence-corrected chi connectivity index (χ1v) is 11.2. The molecule has 0 aliphatic heterocycles. The summed E-state index contributed by atoms with van der Waals surface area (Å²) in [6, 6.07) is 19.3. The molecule has 0 atom stereocenters. The molecule has 0 spiro atoms. The molecule has 10 heteroatoms. The van der Waals surface area contributed by atoms with Gasteiger partial charge in [-0.3, -0.25) is 9.59 Å². The Morgan fingerprint density at radius 3 is 2.40 bits per heavy atom. The third-order valence-electron chi connectivity index (χ3n) is 4.50. The fraction of sp³-hybridized carbons (Fsp3) is 0.160. The van der Waals surface area contributed by atoms with E-state index in [1.54, 1.807) is 48.5 Å². The normalized spacial score (nSPS) is 10.5. The molecular weight excluding hydrogens is 518 g/mol. The summed E-state index contributed by atoms with van der Waals surface area (Å²) in [7, 11) is 3.01. The molecule has 3 aromatic rings. The Morgan fingerprint density at radius 2 is 1.63 bits per heavy atom. The molecule has 0 bridgehead atoms. The first kappa shape index (κ1) is 25.6. The van der Waals surface area contributed by atoms with Crippen LogP contribution in [-0.4, -0.2) is 45.5 Å². The first-order chi connectivity index (χ1) is 17.0. The number of ether oxygens (including phenoxy) is 4. The number of methoxy groups -OCH3 is 2. The minimum atomic E-state index is -0.408. The van der Waals surface area contributed by atoms with Gasteiger partial charge in [-0.2, -0.15) is 5.10 Å². The van der Waals surface area contributed by atoms with Crippen LogP contribution in [0.3, 0.4) is 0 Å². The van der Waals surface area contributed by atoms with Crippen LogP contribution in [0.5, 0.6) is 23.0 Å². The topological polar surface area (TPSA) is 107 Å². The van der Waals surface area contributed by atoms with Gasteiger partial charge < -0.3 is 24.3 Å². The number of hydrazone groups is 1. The Balaban J connectivity index is 1.50. The molecule has 35 heavy (non-hydrogen) atoms. The van der Waals surface area contributed by atoms with Crippen molar-refractivity contribution in [2.24, 2.45) is 5.10 Å². The summed E-state index contributed by atoms with van der Waals surface area (Å²) >= 11 is 3.34. The number of carbonyl (C=O) groups is 2. The van der Waals surface area contributed by atoms with Gasteiger partial charge in [-0.1, -0.05) is 34.1 Å². The Kier molecular flexibility index (Phi) is 9.49. The highest BCUT2D eigenvalue weighted by Crippen LogP contribution is 2.28. The fourth-order valence-electron chi connectivity index (χ4n) is 2.88. The van der Waals surface area contributed by atoms with Gasteiger partial charge in [-0.05, 0) is 54.1 Å². The van der Waals surface area contributed by atoms with E-state index in [4.69, 9.17) is 18.9 Å². The number of nitrogens with zero attached hydrogens (tertiary/aromatic N) is 1. The van der Waals surface area contributed by atoms with E-state index in [2.05, 4.69) is 31.8 Å². The summed E-state index contributed by atoms with van der Waals surface area (Å²) in [5, 5.41) is 6.67. The van der Waals surface area contributed by atoms with Crippen LogP contribution in [0.1, 0.15) is 5.56 Å². The summed E-state index contributed by atoms with van der Waals surface area (Å²) in [5.74, 6) is 1.14. The molecule has 0 radical (unpaired) electrons. The number of hydrogen-bond donors (Lipinski definition) is 2. The maximum Gasteiger partial charge on any atom is 0.277 e. The van der Waals surface area contributed by atoms with Crippen molar-refractivity contribution in [3.05, 3.63) is 76.8 Å². The van der Waals surface area contributed by atoms with E-state index in [1.165, 1.54) is 20.4 Å². The zero-order valence-electron chi connectivity index (χ0n) is 19.1. The van der Waals surface area contributed by atoms with Crippen molar-refractivity contribution >= 4 is 39.6 Å². The zero-order chi connectivity index (χ0) is 25.0. The smallest absolute Gasteiger partial charge is 0.277 e. The van der Waals surface area contributed by atoms with Gasteiger partial charge in [0.05, 0.1) is 26.1 Å². The second-order valence-electron chi connectivity index (χ2n) is 6.99. The van der Waals surface area contributed by atoms with Crippen LogP contribution < -0.4 is 29.7 Å². The predicted octanol–water partition coefficient (Wildman–Crippen LogP) is 4.01. The lowest BCUT2D eigenvalue weighted by molar-refractivity contribution is -0.123. The Labute approximate surface area is 211 Å². The number of benzene rings is 3. The average molecular weight is 542 g/mol. The van der Waals surface area contributed by atoms with Crippen LogP contribution >= 0.6 is 15.9 Å². The largest absolute Gasteiger partial charge is 0.495 e. The Morgan fingerprint density at radius 1 is 0.857 bits per heavy atom. The van der Waals surface area contributed by atoms with Crippen molar-refractivity contribution in [2.75, 3.05) is 32.8 Å². The van der Waals surface area contributed by atoms with Crippen molar-refractivity contribution < 1.29 is 28.5 Å². The Hall–Kier alpha value is -4.05. The van der Waals surface area contributed by atoms with E-state index >= 15 is 0 Å². The van der Waals surface area contributed by atoms with Gasteiger partial charge >= 0.3 is 0 Å². The molecule has 0 saturated heterocycles. The molecule has 0 aliphatic rings. The van der Waals surface area contributed by atoms with Crippen molar-refractivity contribution in [1.82, 2.24) is 5.43 Å². The molecule has 0 unspecified atom stereocenters. The number of nitrogens with one attached hydrogen (secondary N) is 2. The lowest BCUT2D eigenvalue weighted by Crippen LogP contribution is -2.24.